The topological polar surface area (TPSA) is 67.8 Å². The van der Waals surface area contributed by atoms with E-state index in [1.807, 2.05) is 13.8 Å². The Bertz CT molecular complexity index is 830. The molecule has 2 rings (SSSR count). The number of hydrogen-bond acceptors (Lipinski definition) is 4. The lowest BCUT2D eigenvalue weighted by molar-refractivity contribution is 0.271. The Morgan fingerprint density at radius 3 is 2.32 bits per heavy atom. The second-order valence-corrected chi connectivity index (χ2v) is 8.16. The van der Waals surface area contributed by atoms with Crippen molar-refractivity contribution in [2.45, 2.75) is 18.7 Å². The summed E-state index contributed by atoms with van der Waals surface area (Å²) in [5.41, 5.74) is 0.544. The van der Waals surface area contributed by atoms with Crippen molar-refractivity contribution < 1.29 is 13.2 Å². The van der Waals surface area contributed by atoms with Gasteiger partial charge >= 0.3 is 0 Å². The number of ether oxygens (including phenoxy) is 1. The Balaban J connectivity index is 2.11. The first-order valence-electron chi connectivity index (χ1n) is 7.51. The molecule has 0 saturated carbocycles. The average Bonchev–Trinajstić information content (AvgIpc) is 2.54. The molecule has 0 unspecified atom stereocenters. The van der Waals surface area contributed by atoms with E-state index < -0.39 is 10.0 Å². The maximum absolute atomic E-state index is 12.1. The molecule has 2 aromatic carbocycles. The Morgan fingerprint density at radius 2 is 1.76 bits per heavy atom. The maximum Gasteiger partial charge on any atom is 0.276 e. The van der Waals surface area contributed by atoms with Crippen LogP contribution in [0.4, 0.5) is 0 Å². The van der Waals surface area contributed by atoms with Gasteiger partial charge in [-0.25, -0.2) is 4.83 Å². The number of halogens is 2. The summed E-state index contributed by atoms with van der Waals surface area (Å²) >= 11 is 12.3. The monoisotopic (exact) mass is 400 g/mol. The summed E-state index contributed by atoms with van der Waals surface area (Å²) in [4.78, 5) is 2.27. The molecule has 0 heterocycles. The summed E-state index contributed by atoms with van der Waals surface area (Å²) in [6, 6.07) is 11.2. The molecule has 0 aliphatic carbocycles. The predicted octanol–water partition coefficient (Wildman–Crippen LogP) is 4.34. The van der Waals surface area contributed by atoms with Crippen LogP contribution in [0.2, 0.25) is 10.0 Å². The zero-order valence-corrected chi connectivity index (χ0v) is 16.1. The van der Waals surface area contributed by atoms with Gasteiger partial charge in [0, 0.05) is 0 Å². The van der Waals surface area contributed by atoms with Crippen LogP contribution in [0.3, 0.4) is 0 Å². The lowest BCUT2D eigenvalue weighted by Crippen LogP contribution is -2.18. The van der Waals surface area contributed by atoms with Crippen LogP contribution in [0, 0.1) is 5.92 Å². The lowest BCUT2D eigenvalue weighted by Gasteiger charge is -2.12. The molecule has 5 nitrogen and oxygen atoms in total. The molecule has 0 bridgehead atoms. The molecule has 0 fully saturated rings. The minimum absolute atomic E-state index is 0.126. The minimum atomic E-state index is -3.72. The summed E-state index contributed by atoms with van der Waals surface area (Å²) in [6.07, 6.45) is 1.32. The highest BCUT2D eigenvalue weighted by atomic mass is 35.5. The lowest BCUT2D eigenvalue weighted by atomic mass is 10.2. The van der Waals surface area contributed by atoms with E-state index in [1.165, 1.54) is 18.3 Å². The van der Waals surface area contributed by atoms with E-state index in [9.17, 15) is 8.42 Å². The van der Waals surface area contributed by atoms with E-state index in [0.29, 0.717) is 33.9 Å². The quantitative estimate of drug-likeness (QED) is 0.554. The number of nitrogens with zero attached hydrogens (tertiary/aromatic N) is 1. The Hall–Kier alpha value is -1.76. The van der Waals surface area contributed by atoms with Gasteiger partial charge < -0.3 is 4.74 Å². The molecule has 0 spiro atoms. The summed E-state index contributed by atoms with van der Waals surface area (Å²) in [6.45, 7) is 4.52. The molecule has 0 atom stereocenters. The van der Waals surface area contributed by atoms with E-state index in [2.05, 4.69) is 9.93 Å². The van der Waals surface area contributed by atoms with E-state index >= 15 is 0 Å². The van der Waals surface area contributed by atoms with Gasteiger partial charge in [0.2, 0.25) is 0 Å². The summed E-state index contributed by atoms with van der Waals surface area (Å²) in [5.74, 6) is 0.736. The fourth-order valence-electron chi connectivity index (χ4n) is 1.86. The van der Waals surface area contributed by atoms with Crippen molar-refractivity contribution in [2.24, 2.45) is 11.0 Å². The van der Waals surface area contributed by atoms with Gasteiger partial charge in [-0.15, -0.1) is 0 Å². The number of benzene rings is 2. The molecule has 0 aromatic heterocycles. The predicted molar refractivity (Wildman–Crippen MR) is 101 cm³/mol. The maximum atomic E-state index is 12.1. The van der Waals surface area contributed by atoms with Crippen LogP contribution >= 0.6 is 23.2 Å². The highest BCUT2D eigenvalue weighted by molar-refractivity contribution is 7.89. The molecule has 8 heteroatoms. The fraction of sp³-hybridized carbons (Fsp3) is 0.235. The SMILES string of the molecule is CC(C)COc1c(Cl)cc(/C=N/NS(=O)(=O)c2ccccc2)cc1Cl. The van der Waals surface area contributed by atoms with Gasteiger partial charge in [-0.3, -0.25) is 0 Å². The van der Waals surface area contributed by atoms with Crippen molar-refractivity contribution in [3.8, 4) is 5.75 Å². The average molecular weight is 401 g/mol. The van der Waals surface area contributed by atoms with Crippen molar-refractivity contribution >= 4 is 39.4 Å². The number of nitrogens with one attached hydrogen (secondary N) is 1. The van der Waals surface area contributed by atoms with Crippen LogP contribution in [-0.4, -0.2) is 21.2 Å². The second kappa shape index (κ2) is 8.56. The van der Waals surface area contributed by atoms with Gasteiger partial charge in [0.1, 0.15) is 0 Å². The minimum Gasteiger partial charge on any atom is -0.490 e. The number of hydrogen-bond donors (Lipinski definition) is 1. The first-order chi connectivity index (χ1) is 11.8. The molecule has 2 aromatic rings. The third kappa shape index (κ3) is 5.63. The van der Waals surface area contributed by atoms with Crippen molar-refractivity contribution in [1.82, 2.24) is 4.83 Å². The third-order valence-corrected chi connectivity index (χ3v) is 4.82. The zero-order valence-electron chi connectivity index (χ0n) is 13.7. The first kappa shape index (κ1) is 19.6. The molecular weight excluding hydrogens is 383 g/mol. The third-order valence-electron chi connectivity index (χ3n) is 3.02. The van der Waals surface area contributed by atoms with Crippen molar-refractivity contribution in [1.29, 1.82) is 0 Å². The van der Waals surface area contributed by atoms with Crippen LogP contribution in [0.25, 0.3) is 0 Å². The van der Waals surface area contributed by atoms with Crippen LogP contribution in [0.1, 0.15) is 19.4 Å². The van der Waals surface area contributed by atoms with Crippen molar-refractivity contribution in [3.63, 3.8) is 0 Å². The molecule has 25 heavy (non-hydrogen) atoms. The van der Waals surface area contributed by atoms with E-state index in [-0.39, 0.29) is 4.90 Å². The fourth-order valence-corrected chi connectivity index (χ4v) is 3.29. The molecule has 0 aliphatic rings. The second-order valence-electron chi connectivity index (χ2n) is 5.68. The summed E-state index contributed by atoms with van der Waals surface area (Å²) in [5, 5.41) is 4.42. The van der Waals surface area contributed by atoms with E-state index in [1.54, 1.807) is 30.3 Å². The molecule has 0 amide bonds. The highest BCUT2D eigenvalue weighted by Gasteiger charge is 2.12. The van der Waals surface area contributed by atoms with Gasteiger partial charge in [-0.05, 0) is 35.7 Å². The van der Waals surface area contributed by atoms with Gasteiger partial charge in [-0.2, -0.15) is 13.5 Å². The first-order valence-corrected chi connectivity index (χ1v) is 9.75. The molecule has 0 aliphatic heterocycles. The van der Waals surface area contributed by atoms with Crippen LogP contribution in [-0.2, 0) is 10.0 Å². The largest absolute Gasteiger partial charge is 0.490 e. The summed E-state index contributed by atoms with van der Waals surface area (Å²) in [7, 11) is -3.72. The number of hydrazone groups is 1. The normalized spacial score (nSPS) is 11.9. The van der Waals surface area contributed by atoms with Gasteiger partial charge in [-0.1, -0.05) is 55.2 Å². The molecule has 134 valence electrons. The van der Waals surface area contributed by atoms with Crippen LogP contribution < -0.4 is 9.57 Å². The Labute approximate surface area is 157 Å². The van der Waals surface area contributed by atoms with Gasteiger partial charge in [0.05, 0.1) is 27.8 Å². The van der Waals surface area contributed by atoms with E-state index in [0.717, 1.165) is 0 Å². The number of rotatable bonds is 7. The highest BCUT2D eigenvalue weighted by Crippen LogP contribution is 2.34. The van der Waals surface area contributed by atoms with E-state index in [4.69, 9.17) is 27.9 Å². The molecule has 1 N–H and O–H groups in total. The molecular formula is C17H18Cl2N2O3S. The van der Waals surface area contributed by atoms with Crippen molar-refractivity contribution in [3.05, 3.63) is 58.1 Å². The Kier molecular flexibility index (Phi) is 6.70. The molecule has 0 saturated heterocycles. The summed E-state index contributed by atoms with van der Waals surface area (Å²) < 4.78 is 29.7. The zero-order chi connectivity index (χ0) is 18.4. The van der Waals surface area contributed by atoms with Crippen LogP contribution in [0.15, 0.2) is 52.5 Å². The smallest absolute Gasteiger partial charge is 0.276 e. The number of sulfonamides is 1. The van der Waals surface area contributed by atoms with Gasteiger partial charge in [0.15, 0.2) is 5.75 Å². The Morgan fingerprint density at radius 1 is 1.16 bits per heavy atom. The molecule has 0 radical (unpaired) electrons. The van der Waals surface area contributed by atoms with Gasteiger partial charge in [0.25, 0.3) is 10.0 Å². The van der Waals surface area contributed by atoms with Crippen LogP contribution in [0.5, 0.6) is 5.75 Å². The van der Waals surface area contributed by atoms with Crippen molar-refractivity contribution in [2.75, 3.05) is 6.61 Å². The standard InChI is InChI=1S/C17H18Cl2N2O3S/c1-12(2)11-24-17-15(18)8-13(9-16(17)19)10-20-21-25(22,23)14-6-4-3-5-7-14/h3-10,12,21H,11H2,1-2H3/b20-10+.